The van der Waals surface area contributed by atoms with Crippen LogP contribution < -0.4 is 0 Å². The summed E-state index contributed by atoms with van der Waals surface area (Å²) in [5.74, 6) is 0. The van der Waals surface area contributed by atoms with E-state index >= 15 is 0 Å². The zero-order valence-corrected chi connectivity index (χ0v) is 9.24. The summed E-state index contributed by atoms with van der Waals surface area (Å²) in [7, 11) is 0. The average molecular weight is 272 g/mol. The topological polar surface area (TPSA) is 91.5 Å². The van der Waals surface area contributed by atoms with Crippen molar-refractivity contribution in [1.29, 1.82) is 0 Å². The molecule has 0 saturated carbocycles. The maximum atomic E-state index is 0. The molecule has 0 aliphatic carbocycles. The van der Waals surface area contributed by atoms with Gasteiger partial charge in [-0.15, -0.1) is 0 Å². The van der Waals surface area contributed by atoms with Crippen molar-refractivity contribution < 1.29 is 22.4 Å². The van der Waals surface area contributed by atoms with Crippen molar-refractivity contribution in [2.45, 2.75) is 0 Å². The molecule has 24 valence electrons. The van der Waals surface area contributed by atoms with Gasteiger partial charge in [0.15, 0.2) is 0 Å². The Bertz CT molecular complexity index is 8.75. The number of hydrogen-bond donors (Lipinski definition) is 0. The molecule has 0 aliphatic heterocycles. The number of hydrogen-bond acceptors (Lipinski definition) is 0. The maximum absolute atomic E-state index is 0. The second-order valence-electron chi connectivity index (χ2n) is 0. The van der Waals surface area contributed by atoms with Crippen LogP contribution in [0.2, 0.25) is 0 Å². The van der Waals surface area contributed by atoms with Crippen molar-refractivity contribution in [1.82, 2.24) is 0 Å². The Morgan fingerprint density at radius 1 is 0.500 bits per heavy atom. The summed E-state index contributed by atoms with van der Waals surface area (Å²) in [6, 6.07) is 0. The molecule has 0 fully saturated rings. The first-order valence-electron chi connectivity index (χ1n) is 0. The van der Waals surface area contributed by atoms with Gasteiger partial charge in [-0.25, -0.2) is 0 Å². The Labute approximate surface area is 85.9 Å². The summed E-state index contributed by atoms with van der Waals surface area (Å²) < 4.78 is 0. The Kier molecular flexibility index (Phi) is 876. The van der Waals surface area contributed by atoms with E-state index in [1.807, 2.05) is 0 Å². The van der Waals surface area contributed by atoms with E-state index in [0.29, 0.717) is 0 Å². The molecule has 0 aromatic heterocycles. The molecule has 0 aliphatic rings. The first kappa shape index (κ1) is 90.0. The summed E-state index contributed by atoms with van der Waals surface area (Å²) in [5, 5.41) is 0. The summed E-state index contributed by atoms with van der Waals surface area (Å²) in [6.45, 7) is 0. The number of nitrogens with zero attached hydrogens (tertiary/aromatic N) is 3. The molecule has 0 aromatic rings. The summed E-state index contributed by atoms with van der Waals surface area (Å²) in [5.41, 5.74) is 0. The van der Waals surface area contributed by atoms with E-state index in [4.69, 9.17) is 0 Å². The SMILES string of the molecule is [Mg+2].[Mg+2].[N-3].[N-3].[N-3].[Ta+5]. The van der Waals surface area contributed by atoms with E-state index in [-0.39, 0.29) is 86.9 Å². The van der Waals surface area contributed by atoms with Crippen LogP contribution in [0, 0.1) is 0 Å². The summed E-state index contributed by atoms with van der Waals surface area (Å²) in [6.07, 6.45) is 0. The fourth-order valence-corrected chi connectivity index (χ4v) is 0. The third-order valence-corrected chi connectivity index (χ3v) is 0. The molecule has 0 unspecified atom stereocenters. The van der Waals surface area contributed by atoms with Crippen molar-refractivity contribution in [2.24, 2.45) is 0 Å². The summed E-state index contributed by atoms with van der Waals surface area (Å²) in [4.78, 5) is 0. The fourth-order valence-electron chi connectivity index (χ4n) is 0. The molecular formula is Mg2N3Ta. The quantitative estimate of drug-likeness (QED) is 0.559. The van der Waals surface area contributed by atoms with Gasteiger partial charge in [0.1, 0.15) is 0 Å². The molecule has 0 saturated heterocycles. The van der Waals surface area contributed by atoms with E-state index in [9.17, 15) is 0 Å². The van der Waals surface area contributed by atoms with Gasteiger partial charge in [-0.1, -0.05) is 0 Å². The fraction of sp³-hybridized carbons (Fsp3) is 0. The molecule has 0 heterocycles. The molecular weight excluding hydrogens is 272 g/mol. The average Bonchev–Trinajstić information content (AvgIpc) is 0. The van der Waals surface area contributed by atoms with Gasteiger partial charge in [0.25, 0.3) is 0 Å². The molecule has 0 spiro atoms. The van der Waals surface area contributed by atoms with E-state index in [1.54, 1.807) is 0 Å². The molecule has 0 atom stereocenters. The monoisotopic (exact) mass is 271 g/mol. The van der Waals surface area contributed by atoms with E-state index in [0.717, 1.165) is 0 Å². The van der Waals surface area contributed by atoms with Gasteiger partial charge >= 0.3 is 68.5 Å². The zero-order valence-electron chi connectivity index (χ0n) is 3.20. The van der Waals surface area contributed by atoms with Crippen LogP contribution in [-0.2, 0) is 22.4 Å². The van der Waals surface area contributed by atoms with Crippen molar-refractivity contribution in [3.63, 3.8) is 0 Å². The largest absolute Gasteiger partial charge is 5.00 e. The van der Waals surface area contributed by atoms with Crippen LogP contribution in [0.15, 0.2) is 0 Å². The van der Waals surface area contributed by atoms with Crippen LogP contribution in [-0.4, -0.2) is 46.1 Å². The number of rotatable bonds is 0. The van der Waals surface area contributed by atoms with Crippen LogP contribution >= 0.6 is 0 Å². The van der Waals surface area contributed by atoms with Crippen molar-refractivity contribution in [3.8, 4) is 0 Å². The van der Waals surface area contributed by atoms with Gasteiger partial charge in [0, 0.05) is 0 Å². The minimum Gasteiger partial charge on any atom is -3.00 e. The van der Waals surface area contributed by atoms with E-state index < -0.39 is 0 Å². The second-order valence-corrected chi connectivity index (χ2v) is 0. The van der Waals surface area contributed by atoms with Crippen LogP contribution in [0.1, 0.15) is 0 Å². The Morgan fingerprint density at radius 3 is 0.500 bits per heavy atom. The third-order valence-electron chi connectivity index (χ3n) is 0. The van der Waals surface area contributed by atoms with Gasteiger partial charge in [0.05, 0.1) is 0 Å². The molecule has 3 nitrogen and oxygen atoms in total. The normalized spacial score (nSPS) is 0. The minimum atomic E-state index is 0. The summed E-state index contributed by atoms with van der Waals surface area (Å²) >= 11 is 0. The Morgan fingerprint density at radius 2 is 0.500 bits per heavy atom. The molecule has 0 radical (unpaired) electrons. The minimum absolute atomic E-state index is 0. The Hall–Kier alpha value is 2.15. The molecule has 0 N–H and O–H groups in total. The molecule has 6 heavy (non-hydrogen) atoms. The van der Waals surface area contributed by atoms with Gasteiger partial charge in [-0.05, 0) is 0 Å². The Balaban J connectivity index is 0. The predicted octanol–water partition coefficient (Wildman–Crippen LogP) is 0.102. The molecule has 0 rings (SSSR count). The van der Waals surface area contributed by atoms with Gasteiger partial charge in [-0.2, -0.15) is 0 Å². The van der Waals surface area contributed by atoms with Gasteiger partial charge in [0.2, 0.25) is 0 Å². The van der Waals surface area contributed by atoms with Gasteiger partial charge < -0.3 is 18.5 Å². The first-order valence-corrected chi connectivity index (χ1v) is 0. The maximum Gasteiger partial charge on any atom is 5.00 e. The van der Waals surface area contributed by atoms with Crippen LogP contribution in [0.3, 0.4) is 0 Å². The van der Waals surface area contributed by atoms with Crippen LogP contribution in [0.25, 0.3) is 18.5 Å². The van der Waals surface area contributed by atoms with E-state index in [2.05, 4.69) is 0 Å². The van der Waals surface area contributed by atoms with E-state index in [1.165, 1.54) is 0 Å². The van der Waals surface area contributed by atoms with Gasteiger partial charge in [-0.3, -0.25) is 0 Å². The van der Waals surface area contributed by atoms with Crippen LogP contribution in [0.5, 0.6) is 0 Å². The molecule has 0 amide bonds. The van der Waals surface area contributed by atoms with Crippen molar-refractivity contribution >= 4 is 46.1 Å². The second kappa shape index (κ2) is 58.4. The first-order chi connectivity index (χ1) is 0. The van der Waals surface area contributed by atoms with Crippen LogP contribution in [0.4, 0.5) is 0 Å². The third kappa shape index (κ3) is 35.3. The molecule has 0 aromatic carbocycles. The molecule has 6 heteroatoms. The predicted molar refractivity (Wildman–Crippen MR) is 21.6 cm³/mol. The smallest absolute Gasteiger partial charge is 3.00 e. The molecule has 0 bridgehead atoms. The standard InChI is InChI=1S/2Mg.3N.Ta/q2*+2;3*-3;+5. The van der Waals surface area contributed by atoms with Crippen molar-refractivity contribution in [3.05, 3.63) is 18.5 Å². The van der Waals surface area contributed by atoms with Crippen molar-refractivity contribution in [2.75, 3.05) is 0 Å². The zero-order chi connectivity index (χ0) is 0.